The molecule has 18 heavy (non-hydrogen) atoms. The van der Waals surface area contributed by atoms with Gasteiger partial charge in [-0.1, -0.05) is 13.8 Å². The lowest BCUT2D eigenvalue weighted by Gasteiger charge is -2.14. The van der Waals surface area contributed by atoms with Gasteiger partial charge in [-0.15, -0.1) is 0 Å². The minimum atomic E-state index is -0.0340. The summed E-state index contributed by atoms with van der Waals surface area (Å²) in [6, 6.07) is 2.46. The Bertz CT molecular complexity index is 324. The fourth-order valence-electron chi connectivity index (χ4n) is 1.96. The summed E-state index contributed by atoms with van der Waals surface area (Å²) < 4.78 is 7.04. The van der Waals surface area contributed by atoms with Crippen molar-refractivity contribution in [2.75, 3.05) is 20.3 Å². The van der Waals surface area contributed by atoms with Crippen LogP contribution in [0.15, 0.2) is 12.3 Å². The number of methoxy groups -OCH3 is 1. The normalized spacial score (nSPS) is 13.2. The predicted molar refractivity (Wildman–Crippen MR) is 71.4 cm³/mol. The zero-order chi connectivity index (χ0) is 13.4. The van der Waals surface area contributed by atoms with Gasteiger partial charge in [0.1, 0.15) is 0 Å². The first-order valence-electron chi connectivity index (χ1n) is 6.62. The number of rotatable bonds is 9. The summed E-state index contributed by atoms with van der Waals surface area (Å²) in [4.78, 5) is 0. The zero-order valence-electron chi connectivity index (χ0n) is 11.6. The third-order valence-corrected chi connectivity index (χ3v) is 3.14. The van der Waals surface area contributed by atoms with Crippen LogP contribution in [-0.2, 0) is 11.3 Å². The molecule has 2 N–H and O–H groups in total. The van der Waals surface area contributed by atoms with Crippen molar-refractivity contribution in [1.82, 2.24) is 15.1 Å². The third-order valence-electron chi connectivity index (χ3n) is 3.14. The van der Waals surface area contributed by atoms with Crippen molar-refractivity contribution in [3.8, 4) is 0 Å². The molecule has 0 aliphatic rings. The molecule has 0 radical (unpaired) electrons. The van der Waals surface area contributed by atoms with Gasteiger partial charge in [-0.3, -0.25) is 4.68 Å². The fourth-order valence-corrected chi connectivity index (χ4v) is 1.96. The number of hydrogen-bond donors (Lipinski definition) is 2. The molecule has 0 fully saturated rings. The number of aliphatic hydroxyl groups is 1. The quantitative estimate of drug-likeness (QED) is 0.699. The minimum absolute atomic E-state index is 0.0340. The van der Waals surface area contributed by atoms with Crippen LogP contribution in [0.2, 0.25) is 0 Å². The van der Waals surface area contributed by atoms with Crippen LogP contribution in [0.5, 0.6) is 0 Å². The highest BCUT2D eigenvalue weighted by molar-refractivity contribution is 4.99. The number of nitrogens with one attached hydrogen (secondary N) is 1. The second kappa shape index (κ2) is 8.24. The molecule has 1 heterocycles. The molecular formula is C13H25N3O2. The molecule has 5 nitrogen and oxygen atoms in total. The van der Waals surface area contributed by atoms with Crippen molar-refractivity contribution < 1.29 is 9.84 Å². The molecule has 1 atom stereocenters. The van der Waals surface area contributed by atoms with E-state index in [2.05, 4.69) is 24.3 Å². The average Bonchev–Trinajstić information content (AvgIpc) is 2.85. The first-order chi connectivity index (χ1) is 8.74. The van der Waals surface area contributed by atoms with Crippen LogP contribution in [0.4, 0.5) is 0 Å². The van der Waals surface area contributed by atoms with Crippen molar-refractivity contribution in [3.05, 3.63) is 18.0 Å². The van der Waals surface area contributed by atoms with Gasteiger partial charge in [0.15, 0.2) is 0 Å². The molecule has 0 saturated heterocycles. The summed E-state index contributed by atoms with van der Waals surface area (Å²) in [6.45, 7) is 5.58. The zero-order valence-corrected chi connectivity index (χ0v) is 11.6. The highest BCUT2D eigenvalue weighted by Crippen LogP contribution is 2.14. The maximum Gasteiger partial charge on any atom is 0.0762 e. The Kier molecular flexibility index (Phi) is 6.93. The molecule has 0 amide bonds. The average molecular weight is 255 g/mol. The first kappa shape index (κ1) is 15.1. The van der Waals surface area contributed by atoms with Crippen LogP contribution >= 0.6 is 0 Å². The lowest BCUT2D eigenvalue weighted by Crippen LogP contribution is -2.36. The first-order valence-corrected chi connectivity index (χ1v) is 6.62. The lowest BCUT2D eigenvalue weighted by molar-refractivity contribution is 0.128. The molecule has 0 saturated carbocycles. The van der Waals surface area contributed by atoms with Gasteiger partial charge in [-0.2, -0.15) is 5.10 Å². The van der Waals surface area contributed by atoms with Crippen LogP contribution in [0.3, 0.4) is 0 Å². The SMILES string of the molecule is CCC(CC)n1ccc(CNC(CO)COC)n1. The molecule has 0 spiro atoms. The molecule has 1 unspecified atom stereocenters. The van der Waals surface area contributed by atoms with Crippen molar-refractivity contribution >= 4 is 0 Å². The lowest BCUT2D eigenvalue weighted by atomic mass is 10.2. The predicted octanol–water partition coefficient (Wildman–Crippen LogP) is 1.34. The molecule has 0 aromatic carbocycles. The summed E-state index contributed by atoms with van der Waals surface area (Å²) in [5.74, 6) is 0. The van der Waals surface area contributed by atoms with E-state index in [1.54, 1.807) is 7.11 Å². The topological polar surface area (TPSA) is 59.3 Å². The van der Waals surface area contributed by atoms with E-state index in [1.165, 1.54) is 0 Å². The van der Waals surface area contributed by atoms with Crippen molar-refractivity contribution in [2.24, 2.45) is 0 Å². The van der Waals surface area contributed by atoms with Gasteiger partial charge in [0, 0.05) is 19.9 Å². The summed E-state index contributed by atoms with van der Waals surface area (Å²) in [7, 11) is 1.63. The van der Waals surface area contributed by atoms with E-state index < -0.39 is 0 Å². The van der Waals surface area contributed by atoms with E-state index in [9.17, 15) is 0 Å². The van der Waals surface area contributed by atoms with Gasteiger partial charge in [0.2, 0.25) is 0 Å². The fraction of sp³-hybridized carbons (Fsp3) is 0.769. The van der Waals surface area contributed by atoms with Crippen molar-refractivity contribution in [2.45, 2.75) is 45.3 Å². The van der Waals surface area contributed by atoms with Gasteiger partial charge in [0.05, 0.1) is 31.0 Å². The summed E-state index contributed by atoms with van der Waals surface area (Å²) in [5, 5.41) is 16.9. The number of aromatic nitrogens is 2. The number of aliphatic hydroxyl groups excluding tert-OH is 1. The smallest absolute Gasteiger partial charge is 0.0762 e. The van der Waals surface area contributed by atoms with Gasteiger partial charge in [0.25, 0.3) is 0 Å². The van der Waals surface area contributed by atoms with Crippen LogP contribution in [0, 0.1) is 0 Å². The van der Waals surface area contributed by atoms with E-state index in [1.807, 2.05) is 16.9 Å². The molecule has 0 aliphatic carbocycles. The summed E-state index contributed by atoms with van der Waals surface area (Å²) >= 11 is 0. The largest absolute Gasteiger partial charge is 0.395 e. The maximum atomic E-state index is 9.14. The van der Waals surface area contributed by atoms with Gasteiger partial charge < -0.3 is 15.2 Å². The minimum Gasteiger partial charge on any atom is -0.395 e. The molecule has 1 aromatic rings. The summed E-state index contributed by atoms with van der Waals surface area (Å²) in [6.07, 6.45) is 4.21. The number of nitrogens with zero attached hydrogens (tertiary/aromatic N) is 2. The van der Waals surface area contributed by atoms with E-state index in [4.69, 9.17) is 9.84 Å². The highest BCUT2D eigenvalue weighted by Gasteiger charge is 2.10. The van der Waals surface area contributed by atoms with Crippen LogP contribution in [0.1, 0.15) is 38.4 Å². The second-order valence-corrected chi connectivity index (χ2v) is 4.47. The molecule has 104 valence electrons. The molecule has 1 aromatic heterocycles. The van der Waals surface area contributed by atoms with E-state index in [0.717, 1.165) is 18.5 Å². The Balaban J connectivity index is 2.48. The maximum absolute atomic E-state index is 9.14. The Morgan fingerprint density at radius 1 is 1.44 bits per heavy atom. The molecule has 0 aliphatic heterocycles. The standard InChI is InChI=1S/C13H25N3O2/c1-4-13(5-2)16-7-6-11(15-16)8-14-12(9-17)10-18-3/h6-7,12-14,17H,4-5,8-10H2,1-3H3. The van der Waals surface area contributed by atoms with E-state index in [0.29, 0.717) is 19.2 Å². The van der Waals surface area contributed by atoms with Gasteiger partial charge in [-0.05, 0) is 18.9 Å². The van der Waals surface area contributed by atoms with Gasteiger partial charge >= 0.3 is 0 Å². The number of ether oxygens (including phenoxy) is 1. The molecule has 1 rings (SSSR count). The summed E-state index contributed by atoms with van der Waals surface area (Å²) in [5.41, 5.74) is 0.997. The molecule has 0 bridgehead atoms. The third kappa shape index (κ3) is 4.40. The van der Waals surface area contributed by atoms with Crippen LogP contribution in [-0.4, -0.2) is 41.3 Å². The van der Waals surface area contributed by atoms with Crippen LogP contribution < -0.4 is 5.32 Å². The van der Waals surface area contributed by atoms with Crippen molar-refractivity contribution in [3.63, 3.8) is 0 Å². The monoisotopic (exact) mass is 255 g/mol. The van der Waals surface area contributed by atoms with E-state index >= 15 is 0 Å². The Labute approximate surface area is 109 Å². The van der Waals surface area contributed by atoms with Gasteiger partial charge in [-0.25, -0.2) is 0 Å². The van der Waals surface area contributed by atoms with Crippen LogP contribution in [0.25, 0.3) is 0 Å². The molecular weight excluding hydrogens is 230 g/mol. The molecule has 5 heteroatoms. The Morgan fingerprint density at radius 2 is 2.17 bits per heavy atom. The van der Waals surface area contributed by atoms with E-state index in [-0.39, 0.29) is 12.6 Å². The highest BCUT2D eigenvalue weighted by atomic mass is 16.5. The number of hydrogen-bond acceptors (Lipinski definition) is 4. The second-order valence-electron chi connectivity index (χ2n) is 4.47. The Hall–Kier alpha value is -0.910. The Morgan fingerprint density at radius 3 is 2.72 bits per heavy atom. The van der Waals surface area contributed by atoms with Crippen molar-refractivity contribution in [1.29, 1.82) is 0 Å².